The molecular formula is C51H41N3O. The molecule has 3 heterocycles. The van der Waals surface area contributed by atoms with E-state index in [4.69, 9.17) is 9.73 Å². The van der Waals surface area contributed by atoms with Gasteiger partial charge in [-0.3, -0.25) is 5.01 Å². The number of amidine groups is 1. The van der Waals surface area contributed by atoms with E-state index >= 15 is 0 Å². The lowest BCUT2D eigenvalue weighted by Crippen LogP contribution is -2.37. The molecule has 3 aliphatic heterocycles. The Kier molecular flexibility index (Phi) is 6.57. The highest BCUT2D eigenvalue weighted by molar-refractivity contribution is 6.07. The second kappa shape index (κ2) is 11.5. The Morgan fingerprint density at radius 1 is 0.691 bits per heavy atom. The maximum atomic E-state index is 6.81. The van der Waals surface area contributed by atoms with Crippen molar-refractivity contribution >= 4 is 11.4 Å². The minimum absolute atomic E-state index is 0.230. The monoisotopic (exact) mass is 711 g/mol. The van der Waals surface area contributed by atoms with Gasteiger partial charge in [0, 0.05) is 28.5 Å². The molecule has 5 aliphatic carbocycles. The first-order valence-corrected chi connectivity index (χ1v) is 20.0. The average Bonchev–Trinajstić information content (AvgIpc) is 3.84. The molecule has 4 heteroatoms. The number of rotatable bonds is 4. The molecule has 0 N–H and O–H groups in total. The smallest absolute Gasteiger partial charge is 0.157 e. The van der Waals surface area contributed by atoms with E-state index in [-0.39, 0.29) is 6.17 Å². The van der Waals surface area contributed by atoms with E-state index in [1.54, 1.807) is 0 Å². The normalized spacial score (nSPS) is 29.8. The van der Waals surface area contributed by atoms with Crippen molar-refractivity contribution in [3.63, 3.8) is 0 Å². The summed E-state index contributed by atoms with van der Waals surface area (Å²) in [6, 6.07) is 33.6. The van der Waals surface area contributed by atoms with Crippen LogP contribution in [0.25, 0.3) is 16.7 Å². The predicted molar refractivity (Wildman–Crippen MR) is 221 cm³/mol. The summed E-state index contributed by atoms with van der Waals surface area (Å²) < 4.78 is 6.81. The molecule has 266 valence electrons. The van der Waals surface area contributed by atoms with Crippen molar-refractivity contribution in [1.29, 1.82) is 0 Å². The van der Waals surface area contributed by atoms with Gasteiger partial charge in [0.15, 0.2) is 5.66 Å². The number of hydrazine groups is 1. The highest BCUT2D eigenvalue weighted by atomic mass is 16.5. The summed E-state index contributed by atoms with van der Waals surface area (Å²) in [6.07, 6.45) is 31.9. The first-order valence-electron chi connectivity index (χ1n) is 20.0. The topological polar surface area (TPSA) is 27.6 Å². The number of para-hydroxylation sites is 1. The third kappa shape index (κ3) is 4.23. The first kappa shape index (κ1) is 31.4. The third-order valence-electron chi connectivity index (χ3n) is 13.3. The number of fused-ring (bicyclic) bond motifs is 10. The predicted octanol–water partition coefficient (Wildman–Crippen LogP) is 11.4. The molecule has 4 aromatic carbocycles. The summed E-state index contributed by atoms with van der Waals surface area (Å²) in [5.41, 5.74) is 13.2. The molecule has 0 amide bonds. The Bertz CT molecular complexity index is 2640. The number of allylic oxidation sites excluding steroid dienone is 13. The van der Waals surface area contributed by atoms with Gasteiger partial charge >= 0.3 is 0 Å². The van der Waals surface area contributed by atoms with Crippen LogP contribution in [0.4, 0.5) is 0 Å². The molecule has 0 aromatic heterocycles. The summed E-state index contributed by atoms with van der Waals surface area (Å²) in [5.74, 6) is 3.70. The van der Waals surface area contributed by atoms with E-state index in [9.17, 15) is 0 Å². The highest BCUT2D eigenvalue weighted by Crippen LogP contribution is 2.63. The number of aliphatic imine (C=N–C) groups is 1. The second-order valence-electron chi connectivity index (χ2n) is 16.1. The van der Waals surface area contributed by atoms with E-state index in [0.29, 0.717) is 11.8 Å². The van der Waals surface area contributed by atoms with Gasteiger partial charge in [0.2, 0.25) is 0 Å². The largest absolute Gasteiger partial charge is 0.457 e. The minimum atomic E-state index is -0.523. The maximum absolute atomic E-state index is 6.81. The second-order valence-corrected chi connectivity index (χ2v) is 16.1. The van der Waals surface area contributed by atoms with Crippen molar-refractivity contribution in [3.8, 4) is 22.6 Å². The Morgan fingerprint density at radius 2 is 1.49 bits per heavy atom. The van der Waals surface area contributed by atoms with Crippen molar-refractivity contribution in [1.82, 2.24) is 10.0 Å². The van der Waals surface area contributed by atoms with Crippen LogP contribution in [0, 0.1) is 11.8 Å². The van der Waals surface area contributed by atoms with Crippen molar-refractivity contribution in [2.45, 2.75) is 49.9 Å². The molecule has 12 rings (SSSR count). The van der Waals surface area contributed by atoms with Crippen LogP contribution in [0.3, 0.4) is 0 Å². The molecule has 55 heavy (non-hydrogen) atoms. The lowest BCUT2D eigenvalue weighted by atomic mass is 9.64. The van der Waals surface area contributed by atoms with Gasteiger partial charge in [-0.15, -0.1) is 0 Å². The van der Waals surface area contributed by atoms with E-state index in [0.717, 1.165) is 48.6 Å². The van der Waals surface area contributed by atoms with Crippen LogP contribution in [-0.2, 0) is 5.41 Å². The number of hydrogen-bond donors (Lipinski definition) is 0. The maximum Gasteiger partial charge on any atom is 0.157 e. The van der Waals surface area contributed by atoms with E-state index in [1.807, 2.05) is 0 Å². The number of ether oxygens (including phenoxy) is 1. The Morgan fingerprint density at radius 3 is 2.38 bits per heavy atom. The van der Waals surface area contributed by atoms with Crippen LogP contribution in [0.2, 0.25) is 0 Å². The molecule has 0 radical (unpaired) electrons. The molecule has 4 nitrogen and oxygen atoms in total. The lowest BCUT2D eigenvalue weighted by Gasteiger charge is -2.41. The van der Waals surface area contributed by atoms with Crippen LogP contribution >= 0.6 is 0 Å². The molecule has 4 aromatic rings. The molecule has 0 bridgehead atoms. The van der Waals surface area contributed by atoms with Gasteiger partial charge in [-0.2, -0.15) is 5.01 Å². The summed E-state index contributed by atoms with van der Waals surface area (Å²) in [5, 5.41) is 5.06. The molecule has 0 saturated carbocycles. The fourth-order valence-corrected chi connectivity index (χ4v) is 10.9. The number of benzene rings is 4. The van der Waals surface area contributed by atoms with Gasteiger partial charge in [-0.1, -0.05) is 146 Å². The van der Waals surface area contributed by atoms with Crippen molar-refractivity contribution in [2.75, 3.05) is 0 Å². The molecule has 1 spiro atoms. The fraction of sp³-hybridized carbons (Fsp3) is 0.196. The van der Waals surface area contributed by atoms with E-state index in [1.165, 1.54) is 55.7 Å². The molecule has 8 aliphatic rings. The Balaban J connectivity index is 1.05. The Labute approximate surface area is 322 Å². The number of nitrogens with zero attached hydrogens (tertiary/aromatic N) is 3. The standard InChI is InChI=1S/C51H41N3O/c1-50(41-28-15-19-33-16-5-6-21-37(33)41)52-48(53-49(54(50)53)34-17-3-2-4-18-34)40-24-8-7-20-36(40)35-30-31-47-45(32-35)51(44-27-13-14-29-46(44)55-47)42-25-11-9-22-38(42)39-23-10-12-26-43(39)51/h2-11,13-17,20-25,27-34,49H,12,18-19,26H2,1H3/t33?,34?,49?,50-,51?,53?,54?/m1/s1. The van der Waals surface area contributed by atoms with E-state index < -0.39 is 11.1 Å². The lowest BCUT2D eigenvalue weighted by molar-refractivity contribution is 0.251. The third-order valence-corrected chi connectivity index (χ3v) is 13.3. The number of hydrogen-bond acceptors (Lipinski definition) is 4. The van der Waals surface area contributed by atoms with Crippen LogP contribution in [0.5, 0.6) is 11.5 Å². The van der Waals surface area contributed by atoms with Crippen LogP contribution in [0.1, 0.15) is 60.4 Å². The summed E-state index contributed by atoms with van der Waals surface area (Å²) in [6.45, 7) is 2.33. The van der Waals surface area contributed by atoms with Gasteiger partial charge in [0.25, 0.3) is 0 Å². The highest BCUT2D eigenvalue weighted by Gasteiger charge is 2.65. The zero-order valence-corrected chi connectivity index (χ0v) is 30.9. The first-order chi connectivity index (χ1) is 27.2. The quantitative estimate of drug-likeness (QED) is 0.197. The van der Waals surface area contributed by atoms with E-state index in [2.05, 4.69) is 181 Å². The van der Waals surface area contributed by atoms with Crippen molar-refractivity contribution < 1.29 is 4.74 Å². The zero-order valence-electron chi connectivity index (χ0n) is 30.9. The molecule has 1 saturated heterocycles. The summed E-state index contributed by atoms with van der Waals surface area (Å²) in [7, 11) is 0. The average molecular weight is 712 g/mol. The Hall–Kier alpha value is -5.97. The van der Waals surface area contributed by atoms with Crippen LogP contribution in [-0.4, -0.2) is 27.7 Å². The fourth-order valence-electron chi connectivity index (χ4n) is 10.9. The molecule has 6 atom stereocenters. The van der Waals surface area contributed by atoms with Crippen molar-refractivity contribution in [2.24, 2.45) is 16.8 Å². The van der Waals surface area contributed by atoms with Gasteiger partial charge < -0.3 is 4.74 Å². The summed E-state index contributed by atoms with van der Waals surface area (Å²) >= 11 is 0. The van der Waals surface area contributed by atoms with Crippen molar-refractivity contribution in [3.05, 3.63) is 208 Å². The van der Waals surface area contributed by atoms with Gasteiger partial charge in [0.1, 0.15) is 23.5 Å². The minimum Gasteiger partial charge on any atom is -0.457 e. The summed E-state index contributed by atoms with van der Waals surface area (Å²) in [4.78, 5) is 5.76. The van der Waals surface area contributed by atoms with Crippen LogP contribution in [0.15, 0.2) is 186 Å². The van der Waals surface area contributed by atoms with Gasteiger partial charge in [-0.25, -0.2) is 4.99 Å². The molecule has 5 unspecified atom stereocenters. The van der Waals surface area contributed by atoms with Crippen LogP contribution < -0.4 is 4.74 Å². The van der Waals surface area contributed by atoms with Gasteiger partial charge in [0.05, 0.1) is 5.41 Å². The molecular weight excluding hydrogens is 671 g/mol. The molecule has 1 fully saturated rings. The zero-order chi connectivity index (χ0) is 36.3. The van der Waals surface area contributed by atoms with Gasteiger partial charge in [-0.05, 0) is 95.4 Å². The SMILES string of the molecule is C[C@@]1(C2=C3C=CC=CC3CC=C2)N=C(c2ccccc2-c2ccc3c(c2)C2(C4=C(C=CCC4)c4ccccc42)c2ccccc2O3)N2C(C3C=CC=CC3)N21.